The number of ether oxygens (including phenoxy) is 2. The van der Waals surface area contributed by atoms with Crippen LogP contribution in [0.15, 0.2) is 42.5 Å². The van der Waals surface area contributed by atoms with E-state index in [4.69, 9.17) is 9.47 Å². The largest absolute Gasteiger partial charge is 0.467 e. The number of halogens is 1. The quantitative estimate of drug-likeness (QED) is 0.611. The predicted octanol–water partition coefficient (Wildman–Crippen LogP) is 3.29. The molecule has 98 valence electrons. The van der Waals surface area contributed by atoms with E-state index < -0.39 is 5.82 Å². The molecule has 0 heterocycles. The summed E-state index contributed by atoms with van der Waals surface area (Å²) in [5, 5.41) is 0. The smallest absolute Gasteiger partial charge is 0.188 e. The van der Waals surface area contributed by atoms with Crippen molar-refractivity contribution in [3.63, 3.8) is 0 Å². The second-order valence-corrected chi connectivity index (χ2v) is 3.94. The Bertz CT molecular complexity index is 581. The molecule has 0 unspecified atom stereocenters. The molecule has 2 aromatic carbocycles. The SMILES string of the molecule is COCOc1ccccc1-c1cc(F)cc(C=O)c1. The topological polar surface area (TPSA) is 35.5 Å². The standard InChI is InChI=1S/C15H13FO3/c1-18-10-19-15-5-3-2-4-14(15)12-6-11(9-17)7-13(16)8-12/h2-9H,10H2,1H3. The average Bonchev–Trinajstić information content (AvgIpc) is 2.44. The lowest BCUT2D eigenvalue weighted by Crippen LogP contribution is -2.00. The molecule has 0 atom stereocenters. The summed E-state index contributed by atoms with van der Waals surface area (Å²) >= 11 is 0. The van der Waals surface area contributed by atoms with Crippen LogP contribution in [0.25, 0.3) is 11.1 Å². The van der Waals surface area contributed by atoms with Crippen molar-refractivity contribution in [2.45, 2.75) is 0 Å². The predicted molar refractivity (Wildman–Crippen MR) is 69.7 cm³/mol. The van der Waals surface area contributed by atoms with E-state index in [2.05, 4.69) is 0 Å². The van der Waals surface area contributed by atoms with Gasteiger partial charge in [0.1, 0.15) is 17.9 Å². The maximum absolute atomic E-state index is 13.5. The molecule has 0 aliphatic heterocycles. The van der Waals surface area contributed by atoms with Crippen molar-refractivity contribution in [2.24, 2.45) is 0 Å². The van der Waals surface area contributed by atoms with Gasteiger partial charge in [0.2, 0.25) is 0 Å². The molecule has 0 aliphatic rings. The van der Waals surface area contributed by atoms with Crippen LogP contribution in [0.3, 0.4) is 0 Å². The van der Waals surface area contributed by atoms with Crippen molar-refractivity contribution in [3.05, 3.63) is 53.8 Å². The first-order chi connectivity index (χ1) is 9.24. The first-order valence-electron chi connectivity index (χ1n) is 5.71. The van der Waals surface area contributed by atoms with Crippen LogP contribution in [-0.2, 0) is 4.74 Å². The lowest BCUT2D eigenvalue weighted by atomic mass is 10.0. The van der Waals surface area contributed by atoms with E-state index in [1.807, 2.05) is 12.1 Å². The molecule has 0 bridgehead atoms. The number of carbonyl (C=O) groups excluding carboxylic acids is 1. The van der Waals surface area contributed by atoms with E-state index >= 15 is 0 Å². The van der Waals surface area contributed by atoms with Crippen LogP contribution in [0.4, 0.5) is 4.39 Å². The maximum Gasteiger partial charge on any atom is 0.188 e. The Hall–Kier alpha value is -2.20. The number of rotatable bonds is 5. The maximum atomic E-state index is 13.5. The second-order valence-electron chi connectivity index (χ2n) is 3.94. The number of para-hydroxylation sites is 1. The molecule has 4 heteroatoms. The summed E-state index contributed by atoms with van der Waals surface area (Å²) < 4.78 is 23.7. The lowest BCUT2D eigenvalue weighted by Gasteiger charge is -2.11. The molecule has 0 N–H and O–H groups in total. The van der Waals surface area contributed by atoms with Gasteiger partial charge in [0.15, 0.2) is 6.79 Å². The summed E-state index contributed by atoms with van der Waals surface area (Å²) in [6, 6.07) is 11.4. The Labute approximate surface area is 110 Å². The van der Waals surface area contributed by atoms with Crippen LogP contribution < -0.4 is 4.74 Å². The van der Waals surface area contributed by atoms with E-state index in [0.29, 0.717) is 23.2 Å². The summed E-state index contributed by atoms with van der Waals surface area (Å²) in [7, 11) is 1.52. The summed E-state index contributed by atoms with van der Waals surface area (Å²) in [5.74, 6) is 0.118. The van der Waals surface area contributed by atoms with Gasteiger partial charge in [-0.05, 0) is 29.8 Å². The van der Waals surface area contributed by atoms with Crippen LogP contribution in [0.5, 0.6) is 5.75 Å². The minimum atomic E-state index is -0.457. The third kappa shape index (κ3) is 3.17. The number of benzene rings is 2. The van der Waals surface area contributed by atoms with Crippen LogP contribution in [0, 0.1) is 5.82 Å². The van der Waals surface area contributed by atoms with Crippen molar-refractivity contribution in [1.29, 1.82) is 0 Å². The Morgan fingerprint density at radius 1 is 1.21 bits per heavy atom. The highest BCUT2D eigenvalue weighted by molar-refractivity contribution is 5.80. The Morgan fingerprint density at radius 3 is 2.74 bits per heavy atom. The fraction of sp³-hybridized carbons (Fsp3) is 0.133. The number of aldehydes is 1. The molecule has 3 nitrogen and oxygen atoms in total. The molecule has 19 heavy (non-hydrogen) atoms. The average molecular weight is 260 g/mol. The van der Waals surface area contributed by atoms with Crippen molar-refractivity contribution in [3.8, 4) is 16.9 Å². The Balaban J connectivity index is 2.45. The molecule has 0 saturated carbocycles. The third-order valence-electron chi connectivity index (χ3n) is 2.59. The summed E-state index contributed by atoms with van der Waals surface area (Å²) in [4.78, 5) is 10.8. The molecule has 0 saturated heterocycles. The van der Waals surface area contributed by atoms with Gasteiger partial charge in [-0.15, -0.1) is 0 Å². The molecule has 2 rings (SSSR count). The molecule has 0 spiro atoms. The molecule has 0 radical (unpaired) electrons. The first-order valence-corrected chi connectivity index (χ1v) is 5.71. The molecular weight excluding hydrogens is 247 g/mol. The summed E-state index contributed by atoms with van der Waals surface area (Å²) in [6.07, 6.45) is 0.616. The molecule has 0 fully saturated rings. The van der Waals surface area contributed by atoms with Gasteiger partial charge in [-0.1, -0.05) is 18.2 Å². The highest BCUT2D eigenvalue weighted by atomic mass is 19.1. The van der Waals surface area contributed by atoms with Gasteiger partial charge in [0.05, 0.1) is 0 Å². The van der Waals surface area contributed by atoms with Crippen molar-refractivity contribution < 1.29 is 18.7 Å². The van der Waals surface area contributed by atoms with Gasteiger partial charge in [-0.3, -0.25) is 4.79 Å². The fourth-order valence-corrected chi connectivity index (χ4v) is 1.79. The van der Waals surface area contributed by atoms with E-state index in [1.165, 1.54) is 19.2 Å². The van der Waals surface area contributed by atoms with Crippen molar-refractivity contribution >= 4 is 6.29 Å². The zero-order valence-corrected chi connectivity index (χ0v) is 10.4. The molecule has 0 amide bonds. The highest BCUT2D eigenvalue weighted by Crippen LogP contribution is 2.30. The lowest BCUT2D eigenvalue weighted by molar-refractivity contribution is 0.0515. The van der Waals surface area contributed by atoms with Crippen LogP contribution in [0.1, 0.15) is 10.4 Å². The monoisotopic (exact) mass is 260 g/mol. The number of methoxy groups -OCH3 is 1. The molecule has 0 aliphatic carbocycles. The van der Waals surface area contributed by atoms with Crippen LogP contribution in [-0.4, -0.2) is 20.2 Å². The minimum Gasteiger partial charge on any atom is -0.467 e. The Morgan fingerprint density at radius 2 is 2.00 bits per heavy atom. The summed E-state index contributed by atoms with van der Waals surface area (Å²) in [6.45, 7) is 0.104. The van der Waals surface area contributed by atoms with Crippen LogP contribution in [0.2, 0.25) is 0 Å². The van der Waals surface area contributed by atoms with Gasteiger partial charge >= 0.3 is 0 Å². The summed E-state index contributed by atoms with van der Waals surface area (Å²) in [5.41, 5.74) is 1.59. The number of carbonyl (C=O) groups is 1. The minimum absolute atomic E-state index is 0.104. The van der Waals surface area contributed by atoms with E-state index in [-0.39, 0.29) is 12.4 Å². The Kier molecular flexibility index (Phi) is 4.26. The number of hydrogen-bond donors (Lipinski definition) is 0. The third-order valence-corrected chi connectivity index (χ3v) is 2.59. The van der Waals surface area contributed by atoms with Gasteiger partial charge in [0.25, 0.3) is 0 Å². The molecular formula is C15H13FO3. The van der Waals surface area contributed by atoms with Gasteiger partial charge < -0.3 is 9.47 Å². The molecule has 2 aromatic rings. The highest BCUT2D eigenvalue weighted by Gasteiger charge is 2.08. The second kappa shape index (κ2) is 6.11. The fourth-order valence-electron chi connectivity index (χ4n) is 1.79. The van der Waals surface area contributed by atoms with Gasteiger partial charge in [-0.2, -0.15) is 0 Å². The van der Waals surface area contributed by atoms with E-state index in [0.717, 1.165) is 0 Å². The van der Waals surface area contributed by atoms with E-state index in [9.17, 15) is 9.18 Å². The van der Waals surface area contributed by atoms with Crippen molar-refractivity contribution in [2.75, 3.05) is 13.9 Å². The zero-order valence-electron chi connectivity index (χ0n) is 10.4. The zero-order chi connectivity index (χ0) is 13.7. The number of hydrogen-bond acceptors (Lipinski definition) is 3. The molecule has 0 aromatic heterocycles. The van der Waals surface area contributed by atoms with Crippen LogP contribution >= 0.6 is 0 Å². The van der Waals surface area contributed by atoms with E-state index in [1.54, 1.807) is 18.2 Å². The van der Waals surface area contributed by atoms with Gasteiger partial charge in [0, 0.05) is 18.2 Å². The first kappa shape index (κ1) is 13.2. The van der Waals surface area contributed by atoms with Crippen molar-refractivity contribution in [1.82, 2.24) is 0 Å². The van der Waals surface area contributed by atoms with Gasteiger partial charge in [-0.25, -0.2) is 4.39 Å². The normalized spacial score (nSPS) is 10.2.